The van der Waals surface area contributed by atoms with Gasteiger partial charge in [-0.05, 0) is 12.2 Å². The summed E-state index contributed by atoms with van der Waals surface area (Å²) in [6.45, 7) is -0.0160. The number of rotatable bonds is 3. The SMILES string of the molecule is N=C1C=CC(=O)C=C1OCCO. The van der Waals surface area contributed by atoms with E-state index in [9.17, 15) is 4.79 Å². The lowest BCUT2D eigenvalue weighted by Crippen LogP contribution is -2.11. The lowest BCUT2D eigenvalue weighted by Gasteiger charge is -2.09. The predicted octanol–water partition coefficient (Wildman–Crippen LogP) is 0.0379. The summed E-state index contributed by atoms with van der Waals surface area (Å²) in [6.07, 6.45) is 3.90. The smallest absolute Gasteiger partial charge is 0.182 e. The van der Waals surface area contributed by atoms with Crippen LogP contribution >= 0.6 is 0 Å². The lowest BCUT2D eigenvalue weighted by atomic mass is 10.1. The maximum absolute atomic E-state index is 10.8. The maximum Gasteiger partial charge on any atom is 0.182 e. The van der Waals surface area contributed by atoms with Crippen molar-refractivity contribution in [2.45, 2.75) is 0 Å². The van der Waals surface area contributed by atoms with Gasteiger partial charge in [0.05, 0.1) is 12.3 Å². The van der Waals surface area contributed by atoms with Crippen LogP contribution < -0.4 is 0 Å². The molecule has 0 saturated heterocycles. The number of carbonyl (C=O) groups is 1. The number of carbonyl (C=O) groups excluding carboxylic acids is 1. The van der Waals surface area contributed by atoms with Crippen molar-refractivity contribution in [3.8, 4) is 0 Å². The highest BCUT2D eigenvalue weighted by atomic mass is 16.5. The number of ketones is 1. The number of hydrogen-bond acceptors (Lipinski definition) is 4. The van der Waals surface area contributed by atoms with Crippen LogP contribution in [0.25, 0.3) is 0 Å². The summed E-state index contributed by atoms with van der Waals surface area (Å²) >= 11 is 0. The van der Waals surface area contributed by atoms with Crippen molar-refractivity contribution in [2.75, 3.05) is 13.2 Å². The van der Waals surface area contributed by atoms with Crippen molar-refractivity contribution in [2.24, 2.45) is 0 Å². The molecule has 0 aromatic carbocycles. The zero-order valence-electron chi connectivity index (χ0n) is 6.41. The highest BCUT2D eigenvalue weighted by Gasteiger charge is 2.10. The molecule has 0 amide bonds. The zero-order chi connectivity index (χ0) is 8.97. The van der Waals surface area contributed by atoms with Crippen molar-refractivity contribution < 1.29 is 14.6 Å². The van der Waals surface area contributed by atoms with Crippen LogP contribution in [0.3, 0.4) is 0 Å². The van der Waals surface area contributed by atoms with E-state index in [1.807, 2.05) is 0 Å². The Labute approximate surface area is 69.7 Å². The number of allylic oxidation sites excluding steroid dienone is 3. The van der Waals surface area contributed by atoms with Crippen LogP contribution in [0, 0.1) is 5.41 Å². The van der Waals surface area contributed by atoms with Crippen LogP contribution in [0.15, 0.2) is 24.0 Å². The molecule has 4 heteroatoms. The molecule has 0 fully saturated rings. The Morgan fingerprint density at radius 3 is 2.92 bits per heavy atom. The van der Waals surface area contributed by atoms with E-state index in [2.05, 4.69) is 0 Å². The maximum atomic E-state index is 10.8. The monoisotopic (exact) mass is 167 g/mol. The van der Waals surface area contributed by atoms with E-state index in [1.54, 1.807) is 0 Å². The quantitative estimate of drug-likeness (QED) is 0.583. The number of hydrogen-bond donors (Lipinski definition) is 2. The third-order valence-corrected chi connectivity index (χ3v) is 1.30. The standard InChI is InChI=1S/C8H9NO3/c9-7-2-1-6(11)5-8(7)12-4-3-10/h1-2,5,9-10H,3-4H2. The van der Waals surface area contributed by atoms with Crippen LogP contribution in [-0.4, -0.2) is 29.8 Å². The second kappa shape index (κ2) is 3.82. The molecule has 0 radical (unpaired) electrons. The fraction of sp³-hybridized carbons (Fsp3) is 0.250. The normalized spacial score (nSPS) is 16.2. The van der Waals surface area contributed by atoms with Gasteiger partial charge in [-0.15, -0.1) is 0 Å². The van der Waals surface area contributed by atoms with Gasteiger partial charge in [0.25, 0.3) is 0 Å². The summed E-state index contributed by atoms with van der Waals surface area (Å²) in [6, 6.07) is 0. The topological polar surface area (TPSA) is 70.4 Å². The zero-order valence-corrected chi connectivity index (χ0v) is 6.41. The molecule has 0 atom stereocenters. The molecule has 0 spiro atoms. The lowest BCUT2D eigenvalue weighted by molar-refractivity contribution is -0.110. The summed E-state index contributed by atoms with van der Waals surface area (Å²) < 4.78 is 4.93. The Kier molecular flexibility index (Phi) is 2.76. The molecule has 1 aliphatic carbocycles. The van der Waals surface area contributed by atoms with Crippen LogP contribution in [0.5, 0.6) is 0 Å². The van der Waals surface area contributed by atoms with E-state index in [-0.39, 0.29) is 30.5 Å². The highest BCUT2D eigenvalue weighted by molar-refractivity contribution is 6.17. The van der Waals surface area contributed by atoms with Gasteiger partial charge in [-0.1, -0.05) is 0 Å². The van der Waals surface area contributed by atoms with Crippen LogP contribution in [-0.2, 0) is 9.53 Å². The minimum atomic E-state index is -0.195. The molecule has 0 aliphatic heterocycles. The van der Waals surface area contributed by atoms with E-state index in [1.165, 1.54) is 18.2 Å². The molecule has 0 bridgehead atoms. The third kappa shape index (κ3) is 2.03. The average molecular weight is 167 g/mol. The Hall–Kier alpha value is -1.42. The Balaban J connectivity index is 2.62. The van der Waals surface area contributed by atoms with E-state index >= 15 is 0 Å². The molecule has 64 valence electrons. The molecule has 0 saturated carbocycles. The van der Waals surface area contributed by atoms with Gasteiger partial charge in [0.1, 0.15) is 12.4 Å². The van der Waals surface area contributed by atoms with Gasteiger partial charge in [-0.25, -0.2) is 0 Å². The molecule has 0 aromatic heterocycles. The summed E-state index contributed by atoms with van der Waals surface area (Å²) in [4.78, 5) is 10.8. The highest BCUT2D eigenvalue weighted by Crippen LogP contribution is 2.06. The van der Waals surface area contributed by atoms with Crippen molar-refractivity contribution in [1.82, 2.24) is 0 Å². The molecule has 0 heterocycles. The first-order valence-electron chi connectivity index (χ1n) is 3.50. The minimum absolute atomic E-state index is 0.106. The van der Waals surface area contributed by atoms with Gasteiger partial charge in [0, 0.05) is 6.08 Å². The van der Waals surface area contributed by atoms with Crippen molar-refractivity contribution >= 4 is 11.5 Å². The fourth-order valence-corrected chi connectivity index (χ4v) is 0.778. The summed E-state index contributed by atoms with van der Waals surface area (Å²) in [5.74, 6) is 0.0236. The summed E-state index contributed by atoms with van der Waals surface area (Å²) in [5.41, 5.74) is 0.156. The van der Waals surface area contributed by atoms with Crippen LogP contribution in [0.1, 0.15) is 0 Å². The second-order valence-corrected chi connectivity index (χ2v) is 2.23. The van der Waals surface area contributed by atoms with Crippen LogP contribution in [0.2, 0.25) is 0 Å². The van der Waals surface area contributed by atoms with Crippen molar-refractivity contribution in [3.05, 3.63) is 24.0 Å². The Morgan fingerprint density at radius 2 is 2.25 bits per heavy atom. The van der Waals surface area contributed by atoms with E-state index in [0.29, 0.717) is 0 Å². The fourth-order valence-electron chi connectivity index (χ4n) is 0.778. The molecule has 1 rings (SSSR count). The number of aliphatic hydroxyl groups excluding tert-OH is 1. The van der Waals surface area contributed by atoms with Gasteiger partial charge in [0.2, 0.25) is 0 Å². The molecular formula is C8H9NO3. The first-order valence-corrected chi connectivity index (χ1v) is 3.50. The largest absolute Gasteiger partial charge is 0.489 e. The van der Waals surface area contributed by atoms with Crippen LogP contribution in [0.4, 0.5) is 0 Å². The van der Waals surface area contributed by atoms with Gasteiger partial charge in [-0.2, -0.15) is 0 Å². The molecule has 4 nitrogen and oxygen atoms in total. The van der Waals surface area contributed by atoms with E-state index in [4.69, 9.17) is 15.3 Å². The average Bonchev–Trinajstić information content (AvgIpc) is 2.07. The molecule has 1 aliphatic rings. The third-order valence-electron chi connectivity index (χ3n) is 1.30. The van der Waals surface area contributed by atoms with Gasteiger partial charge >= 0.3 is 0 Å². The number of nitrogens with one attached hydrogen (secondary N) is 1. The van der Waals surface area contributed by atoms with E-state index < -0.39 is 0 Å². The molecule has 0 aromatic rings. The summed E-state index contributed by atoms with van der Waals surface area (Å²) in [5, 5.41) is 15.7. The first-order chi connectivity index (χ1) is 5.74. The molecule has 2 N–H and O–H groups in total. The second-order valence-electron chi connectivity index (χ2n) is 2.23. The van der Waals surface area contributed by atoms with Gasteiger partial charge in [-0.3, -0.25) is 10.2 Å². The molecule has 12 heavy (non-hydrogen) atoms. The van der Waals surface area contributed by atoms with Gasteiger partial charge < -0.3 is 9.84 Å². The Morgan fingerprint density at radius 1 is 1.50 bits per heavy atom. The van der Waals surface area contributed by atoms with Gasteiger partial charge in [0.15, 0.2) is 5.78 Å². The minimum Gasteiger partial charge on any atom is -0.489 e. The number of aliphatic hydroxyl groups is 1. The predicted molar refractivity (Wildman–Crippen MR) is 43.0 cm³/mol. The van der Waals surface area contributed by atoms with Crippen molar-refractivity contribution in [1.29, 1.82) is 5.41 Å². The summed E-state index contributed by atoms with van der Waals surface area (Å²) in [7, 11) is 0. The number of ether oxygens (including phenoxy) is 1. The first kappa shape index (κ1) is 8.67. The molecule has 0 unspecified atom stereocenters. The van der Waals surface area contributed by atoms with Crippen molar-refractivity contribution in [3.63, 3.8) is 0 Å². The van der Waals surface area contributed by atoms with E-state index in [0.717, 1.165) is 0 Å². The Bertz CT molecular complexity index is 265. The molecular weight excluding hydrogens is 158 g/mol.